The van der Waals surface area contributed by atoms with Gasteiger partial charge in [0.25, 0.3) is 0 Å². The van der Waals surface area contributed by atoms with Crippen molar-refractivity contribution in [1.29, 1.82) is 0 Å². The molecule has 0 aliphatic heterocycles. The van der Waals surface area contributed by atoms with Gasteiger partial charge in [0.2, 0.25) is 5.91 Å². The van der Waals surface area contributed by atoms with E-state index in [2.05, 4.69) is 21.7 Å². The number of benzene rings is 2. The van der Waals surface area contributed by atoms with Crippen molar-refractivity contribution in [2.45, 2.75) is 38.8 Å². The first-order valence-corrected chi connectivity index (χ1v) is 10.6. The standard InChI is InChI=1S/C24H26ClN3O/c25-22-9-5-4-8-21(22)17-27-15-14-26-23(27)18-28(16-20-10-11-20)24(29)13-12-19-6-2-1-3-7-19/h1-9,14-15,20H,10-13,16-18H2. The van der Waals surface area contributed by atoms with E-state index >= 15 is 0 Å². The molecule has 0 N–H and O–H groups in total. The Morgan fingerprint density at radius 2 is 1.86 bits per heavy atom. The molecule has 3 aromatic rings. The Kier molecular flexibility index (Phi) is 6.30. The van der Waals surface area contributed by atoms with Gasteiger partial charge < -0.3 is 9.47 Å². The van der Waals surface area contributed by atoms with Gasteiger partial charge in [-0.15, -0.1) is 0 Å². The molecule has 1 amide bonds. The SMILES string of the molecule is O=C(CCc1ccccc1)N(Cc1nccn1Cc1ccccc1Cl)CC1CC1. The lowest BCUT2D eigenvalue weighted by Gasteiger charge is -2.23. The largest absolute Gasteiger partial charge is 0.335 e. The number of hydrogen-bond donors (Lipinski definition) is 0. The molecule has 0 bridgehead atoms. The number of hydrogen-bond acceptors (Lipinski definition) is 2. The summed E-state index contributed by atoms with van der Waals surface area (Å²) in [7, 11) is 0. The van der Waals surface area contributed by atoms with Crippen LogP contribution in [0.15, 0.2) is 67.0 Å². The van der Waals surface area contributed by atoms with Crippen LogP contribution in [0.1, 0.15) is 36.2 Å². The fourth-order valence-electron chi connectivity index (χ4n) is 3.54. The van der Waals surface area contributed by atoms with E-state index in [1.807, 2.05) is 53.6 Å². The number of carbonyl (C=O) groups excluding carboxylic acids is 1. The molecular formula is C24H26ClN3O. The first kappa shape index (κ1) is 19.7. The smallest absolute Gasteiger partial charge is 0.223 e. The van der Waals surface area contributed by atoms with E-state index in [0.717, 1.165) is 29.4 Å². The third-order valence-electron chi connectivity index (χ3n) is 5.43. The zero-order valence-corrected chi connectivity index (χ0v) is 17.3. The zero-order chi connectivity index (χ0) is 20.1. The zero-order valence-electron chi connectivity index (χ0n) is 16.5. The van der Waals surface area contributed by atoms with Crippen molar-refractivity contribution in [2.75, 3.05) is 6.54 Å². The van der Waals surface area contributed by atoms with Crippen molar-refractivity contribution in [3.8, 4) is 0 Å². The molecule has 0 spiro atoms. The second kappa shape index (κ2) is 9.27. The highest BCUT2D eigenvalue weighted by Crippen LogP contribution is 2.30. The van der Waals surface area contributed by atoms with Crippen LogP contribution in [0.4, 0.5) is 0 Å². The molecule has 1 aromatic heterocycles. The summed E-state index contributed by atoms with van der Waals surface area (Å²) in [5.74, 6) is 1.74. The van der Waals surface area contributed by atoms with Crippen LogP contribution in [0.25, 0.3) is 0 Å². The topological polar surface area (TPSA) is 38.1 Å². The van der Waals surface area contributed by atoms with Gasteiger partial charge >= 0.3 is 0 Å². The van der Waals surface area contributed by atoms with Crippen molar-refractivity contribution in [3.63, 3.8) is 0 Å². The minimum Gasteiger partial charge on any atom is -0.335 e. The van der Waals surface area contributed by atoms with Crippen LogP contribution in [0.2, 0.25) is 5.02 Å². The maximum absolute atomic E-state index is 13.0. The van der Waals surface area contributed by atoms with E-state index in [4.69, 9.17) is 11.6 Å². The first-order valence-electron chi connectivity index (χ1n) is 10.2. The van der Waals surface area contributed by atoms with E-state index in [9.17, 15) is 4.79 Å². The highest BCUT2D eigenvalue weighted by Gasteiger charge is 2.27. The highest BCUT2D eigenvalue weighted by molar-refractivity contribution is 6.31. The van der Waals surface area contributed by atoms with Crippen LogP contribution in [-0.2, 0) is 24.3 Å². The summed E-state index contributed by atoms with van der Waals surface area (Å²) in [5, 5.41) is 0.751. The molecule has 5 heteroatoms. The van der Waals surface area contributed by atoms with Crippen LogP contribution in [0.3, 0.4) is 0 Å². The van der Waals surface area contributed by atoms with Gasteiger partial charge in [0.15, 0.2) is 0 Å². The normalized spacial score (nSPS) is 13.4. The van der Waals surface area contributed by atoms with Gasteiger partial charge in [0.1, 0.15) is 5.82 Å². The van der Waals surface area contributed by atoms with Gasteiger partial charge in [-0.25, -0.2) is 4.98 Å². The number of amides is 1. The Bertz CT molecular complexity index is 950. The van der Waals surface area contributed by atoms with Gasteiger partial charge in [-0.05, 0) is 42.4 Å². The third kappa shape index (κ3) is 5.48. The number of halogens is 1. The molecule has 0 unspecified atom stereocenters. The molecule has 4 rings (SSSR count). The summed E-state index contributed by atoms with van der Waals surface area (Å²) in [5.41, 5.74) is 2.25. The number of aryl methyl sites for hydroxylation is 1. The monoisotopic (exact) mass is 407 g/mol. The van der Waals surface area contributed by atoms with Crippen molar-refractivity contribution >= 4 is 17.5 Å². The lowest BCUT2D eigenvalue weighted by Crippen LogP contribution is -2.33. The van der Waals surface area contributed by atoms with Gasteiger partial charge in [-0.2, -0.15) is 0 Å². The van der Waals surface area contributed by atoms with E-state index in [1.165, 1.54) is 18.4 Å². The molecular weight excluding hydrogens is 382 g/mol. The molecule has 4 nitrogen and oxygen atoms in total. The van der Waals surface area contributed by atoms with Crippen molar-refractivity contribution in [2.24, 2.45) is 5.92 Å². The molecule has 150 valence electrons. The number of aromatic nitrogens is 2. The first-order chi connectivity index (χ1) is 14.2. The second-order valence-corrected chi connectivity index (χ2v) is 8.17. The summed E-state index contributed by atoms with van der Waals surface area (Å²) in [6.07, 6.45) is 7.50. The van der Waals surface area contributed by atoms with Crippen LogP contribution in [0.5, 0.6) is 0 Å². The minimum atomic E-state index is 0.202. The maximum Gasteiger partial charge on any atom is 0.223 e. The predicted octanol–water partition coefficient (Wildman–Crippen LogP) is 4.96. The number of imidazole rings is 1. The quantitative estimate of drug-likeness (QED) is 0.503. The molecule has 0 radical (unpaired) electrons. The van der Waals surface area contributed by atoms with E-state index < -0.39 is 0 Å². The third-order valence-corrected chi connectivity index (χ3v) is 5.80. The molecule has 1 aliphatic carbocycles. The van der Waals surface area contributed by atoms with Crippen molar-refractivity contribution in [3.05, 3.63) is 89.0 Å². The Morgan fingerprint density at radius 1 is 1.10 bits per heavy atom. The molecule has 1 aliphatic rings. The average molecular weight is 408 g/mol. The summed E-state index contributed by atoms with van der Waals surface area (Å²) < 4.78 is 2.09. The molecule has 0 saturated heterocycles. The van der Waals surface area contributed by atoms with Crippen molar-refractivity contribution < 1.29 is 4.79 Å². The van der Waals surface area contributed by atoms with Crippen LogP contribution in [-0.4, -0.2) is 26.9 Å². The fraction of sp³-hybridized carbons (Fsp3) is 0.333. The maximum atomic E-state index is 13.0. The molecule has 2 aromatic carbocycles. The molecule has 1 fully saturated rings. The molecule has 29 heavy (non-hydrogen) atoms. The fourth-order valence-corrected chi connectivity index (χ4v) is 3.73. The van der Waals surface area contributed by atoms with E-state index in [0.29, 0.717) is 25.4 Å². The van der Waals surface area contributed by atoms with E-state index in [1.54, 1.807) is 6.20 Å². The molecule has 1 heterocycles. The van der Waals surface area contributed by atoms with Gasteiger partial charge in [0, 0.05) is 30.4 Å². The van der Waals surface area contributed by atoms with Crippen LogP contribution >= 0.6 is 11.6 Å². The molecule has 1 saturated carbocycles. The molecule has 0 atom stereocenters. The van der Waals surface area contributed by atoms with Gasteiger partial charge in [0.05, 0.1) is 13.1 Å². The Labute approximate surface area is 177 Å². The highest BCUT2D eigenvalue weighted by atomic mass is 35.5. The summed E-state index contributed by atoms with van der Waals surface area (Å²) in [6, 6.07) is 18.1. The number of nitrogens with zero attached hydrogens (tertiary/aromatic N) is 3. The Hall–Kier alpha value is -2.59. The number of rotatable bonds is 9. The summed E-state index contributed by atoms with van der Waals surface area (Å²) in [4.78, 5) is 19.5. The predicted molar refractivity (Wildman–Crippen MR) is 116 cm³/mol. The van der Waals surface area contributed by atoms with E-state index in [-0.39, 0.29) is 5.91 Å². The second-order valence-electron chi connectivity index (χ2n) is 7.77. The summed E-state index contributed by atoms with van der Waals surface area (Å²) >= 11 is 6.33. The Morgan fingerprint density at radius 3 is 2.62 bits per heavy atom. The van der Waals surface area contributed by atoms with Crippen molar-refractivity contribution in [1.82, 2.24) is 14.5 Å². The van der Waals surface area contributed by atoms with Gasteiger partial charge in [-0.3, -0.25) is 4.79 Å². The van der Waals surface area contributed by atoms with Crippen LogP contribution in [0, 0.1) is 5.92 Å². The summed E-state index contributed by atoms with van der Waals surface area (Å²) in [6.45, 7) is 2.03. The Balaban J connectivity index is 1.44. The lowest BCUT2D eigenvalue weighted by atomic mass is 10.1. The van der Waals surface area contributed by atoms with Crippen LogP contribution < -0.4 is 0 Å². The number of carbonyl (C=O) groups is 1. The minimum absolute atomic E-state index is 0.202. The average Bonchev–Trinajstić information content (AvgIpc) is 3.46. The van der Waals surface area contributed by atoms with Gasteiger partial charge in [-0.1, -0.05) is 60.1 Å². The lowest BCUT2D eigenvalue weighted by molar-refractivity contribution is -0.132.